The van der Waals surface area contributed by atoms with Crippen molar-refractivity contribution in [1.82, 2.24) is 0 Å². The number of hydrogen-bond donors (Lipinski definition) is 1. The molecule has 0 saturated heterocycles. The molecule has 0 aromatic heterocycles. The summed E-state index contributed by atoms with van der Waals surface area (Å²) in [5.74, 6) is 1.99. The first-order chi connectivity index (χ1) is 9.89. The van der Waals surface area contributed by atoms with Crippen LogP contribution in [0.25, 0.3) is 0 Å². The molecule has 1 aromatic carbocycles. The van der Waals surface area contributed by atoms with Crippen molar-refractivity contribution in [3.05, 3.63) is 35.4 Å². The number of methoxy groups -OCH3 is 1. The molecule has 2 atom stereocenters. The number of rotatable bonds is 2. The fraction of sp³-hybridized carbons (Fsp3) is 0.556. The van der Waals surface area contributed by atoms with Crippen LogP contribution in [-0.4, -0.2) is 17.8 Å². The molecule has 0 saturated carbocycles. The van der Waals surface area contributed by atoms with Crippen LogP contribution >= 0.6 is 0 Å². The number of ether oxygens (including phenoxy) is 2. The van der Waals surface area contributed by atoms with Gasteiger partial charge in [0.15, 0.2) is 11.5 Å². The summed E-state index contributed by atoms with van der Waals surface area (Å²) in [5.41, 5.74) is 1.93. The molecule has 0 fully saturated rings. The monoisotopic (exact) mass is 288 g/mol. The van der Waals surface area contributed by atoms with Crippen molar-refractivity contribution in [1.29, 1.82) is 0 Å². The lowest BCUT2D eigenvalue weighted by molar-refractivity contribution is -0.0380. The van der Waals surface area contributed by atoms with E-state index in [2.05, 4.69) is 32.9 Å². The van der Waals surface area contributed by atoms with Crippen molar-refractivity contribution in [3.8, 4) is 11.5 Å². The summed E-state index contributed by atoms with van der Waals surface area (Å²) in [6.45, 7) is 6.76. The van der Waals surface area contributed by atoms with Crippen LogP contribution in [-0.2, 0) is 13.0 Å². The molecule has 1 heterocycles. The summed E-state index contributed by atoms with van der Waals surface area (Å²) in [5, 5.41) is 9.44. The second-order valence-electron chi connectivity index (χ2n) is 7.04. The zero-order chi connectivity index (χ0) is 15.3. The Labute approximate surface area is 126 Å². The molecular formula is C18H24O3. The Morgan fingerprint density at radius 3 is 2.76 bits per heavy atom. The summed E-state index contributed by atoms with van der Waals surface area (Å²) in [7, 11) is 1.65. The van der Waals surface area contributed by atoms with Gasteiger partial charge in [0.25, 0.3) is 0 Å². The maximum Gasteiger partial charge on any atom is 0.165 e. The summed E-state index contributed by atoms with van der Waals surface area (Å²) in [6, 6.07) is 3.91. The van der Waals surface area contributed by atoms with Crippen LogP contribution in [0.4, 0.5) is 0 Å². The van der Waals surface area contributed by atoms with Crippen LogP contribution in [0, 0.1) is 11.3 Å². The first-order valence-corrected chi connectivity index (χ1v) is 7.57. The van der Waals surface area contributed by atoms with E-state index in [1.807, 2.05) is 12.1 Å². The van der Waals surface area contributed by atoms with Gasteiger partial charge < -0.3 is 14.6 Å². The van der Waals surface area contributed by atoms with Crippen molar-refractivity contribution in [2.24, 2.45) is 11.3 Å². The van der Waals surface area contributed by atoms with Crippen LogP contribution < -0.4 is 9.47 Å². The molecule has 21 heavy (non-hydrogen) atoms. The molecule has 1 aliphatic heterocycles. The van der Waals surface area contributed by atoms with Gasteiger partial charge in [-0.15, -0.1) is 0 Å². The molecule has 0 amide bonds. The number of aliphatic hydroxyl groups is 1. The van der Waals surface area contributed by atoms with Crippen LogP contribution in [0.1, 0.15) is 38.3 Å². The molecule has 3 rings (SSSR count). The van der Waals surface area contributed by atoms with Gasteiger partial charge in [-0.25, -0.2) is 0 Å². The fourth-order valence-corrected chi connectivity index (χ4v) is 3.92. The quantitative estimate of drug-likeness (QED) is 0.847. The number of aliphatic hydroxyl groups excluding tert-OH is 1. The Bertz CT molecular complexity index is 588. The van der Waals surface area contributed by atoms with Gasteiger partial charge in [0.2, 0.25) is 0 Å². The lowest BCUT2D eigenvalue weighted by atomic mass is 9.62. The summed E-state index contributed by atoms with van der Waals surface area (Å²) in [4.78, 5) is 0. The number of allylic oxidation sites excluding steroid dienone is 1. The summed E-state index contributed by atoms with van der Waals surface area (Å²) in [6.07, 6.45) is 6.41. The van der Waals surface area contributed by atoms with Crippen molar-refractivity contribution in [2.75, 3.05) is 7.11 Å². The minimum atomic E-state index is -0.195. The van der Waals surface area contributed by atoms with E-state index < -0.39 is 0 Å². The van der Waals surface area contributed by atoms with Crippen LogP contribution in [0.2, 0.25) is 0 Å². The first-order valence-electron chi connectivity index (χ1n) is 7.57. The largest absolute Gasteiger partial charge is 0.493 e. The molecule has 0 spiro atoms. The lowest BCUT2D eigenvalue weighted by Crippen LogP contribution is -2.52. The standard InChI is InChI=1S/C18H24O3/c1-17(2)6-5-7-18(3)15(17)10-13-8-12(11-19)9-14(20-4)16(13)21-18/h5-6,8-9,15,19H,7,10-11H2,1-4H3/t15-,18+/m1/s1. The Balaban J connectivity index is 2.10. The molecule has 1 aliphatic carbocycles. The maximum atomic E-state index is 9.44. The normalized spacial score (nSPS) is 29.3. The minimum absolute atomic E-state index is 0.0227. The van der Waals surface area contributed by atoms with Crippen LogP contribution in [0.3, 0.4) is 0 Å². The zero-order valence-corrected chi connectivity index (χ0v) is 13.3. The van der Waals surface area contributed by atoms with Gasteiger partial charge in [0.1, 0.15) is 5.60 Å². The average Bonchev–Trinajstić information content (AvgIpc) is 2.44. The van der Waals surface area contributed by atoms with E-state index in [0.29, 0.717) is 5.92 Å². The van der Waals surface area contributed by atoms with E-state index in [1.54, 1.807) is 7.11 Å². The first kappa shape index (κ1) is 14.5. The fourth-order valence-electron chi connectivity index (χ4n) is 3.92. The number of benzene rings is 1. The molecular weight excluding hydrogens is 264 g/mol. The SMILES string of the molecule is COc1cc(CO)cc2c1O[C@@]1(C)CC=CC(C)(C)[C@H]1C2. The van der Waals surface area contributed by atoms with E-state index in [-0.39, 0.29) is 17.6 Å². The number of hydrogen-bond acceptors (Lipinski definition) is 3. The summed E-state index contributed by atoms with van der Waals surface area (Å²) >= 11 is 0. The highest BCUT2D eigenvalue weighted by Crippen LogP contribution is 2.52. The van der Waals surface area contributed by atoms with E-state index in [4.69, 9.17) is 9.47 Å². The van der Waals surface area contributed by atoms with Crippen LogP contribution in [0.15, 0.2) is 24.3 Å². The Morgan fingerprint density at radius 1 is 1.33 bits per heavy atom. The highest BCUT2D eigenvalue weighted by atomic mass is 16.5. The maximum absolute atomic E-state index is 9.44. The zero-order valence-electron chi connectivity index (χ0n) is 13.3. The van der Waals surface area contributed by atoms with Gasteiger partial charge in [-0.3, -0.25) is 0 Å². The van der Waals surface area contributed by atoms with Crippen molar-refractivity contribution in [3.63, 3.8) is 0 Å². The van der Waals surface area contributed by atoms with Gasteiger partial charge in [-0.05, 0) is 42.0 Å². The highest BCUT2D eigenvalue weighted by Gasteiger charge is 2.49. The third kappa shape index (κ3) is 2.24. The van der Waals surface area contributed by atoms with Gasteiger partial charge >= 0.3 is 0 Å². The Morgan fingerprint density at radius 2 is 2.10 bits per heavy atom. The van der Waals surface area contributed by atoms with Gasteiger partial charge in [0, 0.05) is 12.3 Å². The van der Waals surface area contributed by atoms with Crippen molar-refractivity contribution >= 4 is 0 Å². The second-order valence-corrected chi connectivity index (χ2v) is 7.04. The van der Waals surface area contributed by atoms with E-state index >= 15 is 0 Å². The predicted molar refractivity (Wildman–Crippen MR) is 82.7 cm³/mol. The third-order valence-electron chi connectivity index (χ3n) is 5.06. The smallest absolute Gasteiger partial charge is 0.165 e. The van der Waals surface area contributed by atoms with Crippen LogP contribution in [0.5, 0.6) is 11.5 Å². The topological polar surface area (TPSA) is 38.7 Å². The molecule has 0 radical (unpaired) electrons. The van der Waals surface area contributed by atoms with Crippen molar-refractivity contribution < 1.29 is 14.6 Å². The predicted octanol–water partition coefficient (Wildman–Crippen LogP) is 3.48. The molecule has 0 bridgehead atoms. The summed E-state index contributed by atoms with van der Waals surface area (Å²) < 4.78 is 11.9. The highest BCUT2D eigenvalue weighted by molar-refractivity contribution is 5.52. The molecule has 2 aliphatic rings. The lowest BCUT2D eigenvalue weighted by Gasteiger charge is -2.51. The van der Waals surface area contributed by atoms with E-state index in [9.17, 15) is 5.11 Å². The molecule has 0 unspecified atom stereocenters. The Kier molecular flexibility index (Phi) is 3.28. The van der Waals surface area contributed by atoms with Gasteiger partial charge in [-0.2, -0.15) is 0 Å². The van der Waals surface area contributed by atoms with E-state index in [0.717, 1.165) is 35.5 Å². The third-order valence-corrected chi connectivity index (χ3v) is 5.06. The average molecular weight is 288 g/mol. The molecule has 3 nitrogen and oxygen atoms in total. The molecule has 114 valence electrons. The van der Waals surface area contributed by atoms with Gasteiger partial charge in [-0.1, -0.05) is 26.0 Å². The number of fused-ring (bicyclic) bond motifs is 2. The van der Waals surface area contributed by atoms with E-state index in [1.165, 1.54) is 0 Å². The molecule has 1 aromatic rings. The molecule has 1 N–H and O–H groups in total. The minimum Gasteiger partial charge on any atom is -0.493 e. The van der Waals surface area contributed by atoms with Gasteiger partial charge in [0.05, 0.1) is 13.7 Å². The molecule has 3 heteroatoms. The second kappa shape index (κ2) is 4.77. The van der Waals surface area contributed by atoms with Crippen molar-refractivity contribution in [2.45, 2.75) is 45.8 Å². The Hall–Kier alpha value is -1.48.